The van der Waals surface area contributed by atoms with E-state index in [1.165, 1.54) is 6.92 Å². The molecule has 1 heterocycles. The minimum absolute atomic E-state index is 0.173. The summed E-state index contributed by atoms with van der Waals surface area (Å²) in [5.41, 5.74) is 0. The van der Waals surface area contributed by atoms with Crippen LogP contribution in [0.1, 0.15) is 6.92 Å². The summed E-state index contributed by atoms with van der Waals surface area (Å²) in [6, 6.07) is -0.789. The van der Waals surface area contributed by atoms with Crippen molar-refractivity contribution in [3.05, 3.63) is 0 Å². The van der Waals surface area contributed by atoms with Gasteiger partial charge in [-0.05, 0) is 6.92 Å². The molecule has 1 amide bonds. The fraction of sp³-hybridized carbons (Fsp3) is 0.750. The number of rotatable bonds is 3. The molecule has 1 aliphatic heterocycles. The highest BCUT2D eigenvalue weighted by Crippen LogP contribution is 2.11. The van der Waals surface area contributed by atoms with Crippen LogP contribution in [0.2, 0.25) is 0 Å². The second kappa shape index (κ2) is 4.79. The van der Waals surface area contributed by atoms with Gasteiger partial charge in [-0.1, -0.05) is 0 Å². The molecule has 0 spiro atoms. The molecule has 1 aliphatic rings. The van der Waals surface area contributed by atoms with Crippen LogP contribution in [0.25, 0.3) is 0 Å². The Morgan fingerprint density at radius 3 is 2.81 bits per heavy atom. The van der Waals surface area contributed by atoms with Gasteiger partial charge in [0.1, 0.15) is 6.04 Å². The summed E-state index contributed by atoms with van der Waals surface area (Å²) in [5, 5.41) is 2.54. The van der Waals surface area contributed by atoms with Crippen molar-refractivity contribution < 1.29 is 22.7 Å². The second-order valence-corrected chi connectivity index (χ2v) is 5.33. The molecule has 1 unspecified atom stereocenters. The highest BCUT2D eigenvalue weighted by atomic mass is 32.2. The van der Waals surface area contributed by atoms with Crippen LogP contribution in [0.15, 0.2) is 0 Å². The zero-order chi connectivity index (χ0) is 12.3. The average molecular weight is 250 g/mol. The Labute approximate surface area is 93.8 Å². The van der Waals surface area contributed by atoms with Crippen LogP contribution >= 0.6 is 0 Å². The first kappa shape index (κ1) is 12.9. The predicted molar refractivity (Wildman–Crippen MR) is 55.0 cm³/mol. The SMILES string of the molecule is COC(=O)CS(=O)(=O)N1CCNC(=O)C1C. The molecule has 0 bridgehead atoms. The number of nitrogens with zero attached hydrogens (tertiary/aromatic N) is 1. The van der Waals surface area contributed by atoms with Crippen molar-refractivity contribution in [1.29, 1.82) is 0 Å². The third-order valence-corrected chi connectivity index (χ3v) is 4.14. The molecular weight excluding hydrogens is 236 g/mol. The van der Waals surface area contributed by atoms with Crippen LogP contribution in [-0.4, -0.2) is 56.6 Å². The van der Waals surface area contributed by atoms with Gasteiger partial charge in [-0.2, -0.15) is 4.31 Å². The summed E-state index contributed by atoms with van der Waals surface area (Å²) in [5.74, 6) is -1.93. The Balaban J connectivity index is 2.82. The first-order valence-electron chi connectivity index (χ1n) is 4.72. The average Bonchev–Trinajstić information content (AvgIpc) is 2.21. The molecule has 1 fully saturated rings. The summed E-state index contributed by atoms with van der Waals surface area (Å²) < 4.78 is 28.8. The van der Waals surface area contributed by atoms with Crippen LogP contribution in [0.5, 0.6) is 0 Å². The Kier molecular flexibility index (Phi) is 3.87. The van der Waals surface area contributed by atoms with Crippen LogP contribution < -0.4 is 5.32 Å². The molecule has 8 heteroatoms. The molecule has 0 aromatic heterocycles. The van der Waals surface area contributed by atoms with Crippen molar-refractivity contribution in [3.63, 3.8) is 0 Å². The standard InChI is InChI=1S/C8H14N2O5S/c1-6-8(12)9-3-4-10(6)16(13,14)5-7(11)15-2/h6H,3-5H2,1-2H3,(H,9,12). The van der Waals surface area contributed by atoms with Crippen molar-refractivity contribution in [1.82, 2.24) is 9.62 Å². The lowest BCUT2D eigenvalue weighted by molar-refractivity contribution is -0.137. The molecule has 0 aromatic carbocycles. The number of hydrogen-bond acceptors (Lipinski definition) is 5. The lowest BCUT2D eigenvalue weighted by Crippen LogP contribution is -2.56. The van der Waals surface area contributed by atoms with E-state index < -0.39 is 27.8 Å². The summed E-state index contributed by atoms with van der Waals surface area (Å²) in [7, 11) is -2.66. The minimum Gasteiger partial charge on any atom is -0.468 e. The molecule has 16 heavy (non-hydrogen) atoms. The fourth-order valence-electron chi connectivity index (χ4n) is 1.43. The van der Waals surface area contributed by atoms with Gasteiger partial charge >= 0.3 is 5.97 Å². The monoisotopic (exact) mass is 250 g/mol. The zero-order valence-corrected chi connectivity index (χ0v) is 9.91. The Hall–Kier alpha value is -1.15. The van der Waals surface area contributed by atoms with E-state index in [9.17, 15) is 18.0 Å². The maximum atomic E-state index is 11.8. The van der Waals surface area contributed by atoms with Gasteiger partial charge in [0.25, 0.3) is 0 Å². The number of ether oxygens (including phenoxy) is 1. The van der Waals surface area contributed by atoms with Crippen molar-refractivity contribution in [2.75, 3.05) is 26.0 Å². The first-order valence-corrected chi connectivity index (χ1v) is 6.33. The molecule has 0 aromatic rings. The molecule has 92 valence electrons. The largest absolute Gasteiger partial charge is 0.468 e. The maximum Gasteiger partial charge on any atom is 0.322 e. The van der Waals surface area contributed by atoms with Crippen molar-refractivity contribution in [2.45, 2.75) is 13.0 Å². The number of carbonyl (C=O) groups excluding carboxylic acids is 2. The molecule has 0 radical (unpaired) electrons. The Morgan fingerprint density at radius 1 is 1.62 bits per heavy atom. The lowest BCUT2D eigenvalue weighted by Gasteiger charge is -2.31. The third kappa shape index (κ3) is 2.70. The molecule has 1 saturated heterocycles. The Bertz CT molecular complexity index is 391. The van der Waals surface area contributed by atoms with E-state index in [-0.39, 0.29) is 19.0 Å². The topological polar surface area (TPSA) is 92.8 Å². The fourth-order valence-corrected chi connectivity index (χ4v) is 2.96. The van der Waals surface area contributed by atoms with Crippen molar-refractivity contribution in [2.24, 2.45) is 0 Å². The molecule has 0 aliphatic carbocycles. The van der Waals surface area contributed by atoms with Crippen LogP contribution in [0.4, 0.5) is 0 Å². The summed E-state index contributed by atoms with van der Waals surface area (Å²) in [6.07, 6.45) is 0. The molecule has 0 saturated carbocycles. The number of methoxy groups -OCH3 is 1. The third-order valence-electron chi connectivity index (χ3n) is 2.33. The van der Waals surface area contributed by atoms with E-state index >= 15 is 0 Å². The number of hydrogen-bond donors (Lipinski definition) is 1. The van der Waals surface area contributed by atoms with Gasteiger partial charge in [0, 0.05) is 13.1 Å². The quantitative estimate of drug-likeness (QED) is 0.603. The highest BCUT2D eigenvalue weighted by molar-refractivity contribution is 7.89. The molecule has 1 atom stereocenters. The Morgan fingerprint density at radius 2 is 2.25 bits per heavy atom. The van der Waals surface area contributed by atoms with Gasteiger partial charge in [0.2, 0.25) is 15.9 Å². The van der Waals surface area contributed by atoms with Crippen LogP contribution in [0, 0.1) is 0 Å². The van der Waals surface area contributed by atoms with E-state index in [2.05, 4.69) is 10.1 Å². The van der Waals surface area contributed by atoms with Gasteiger partial charge in [-0.25, -0.2) is 8.42 Å². The number of esters is 1. The van der Waals surface area contributed by atoms with Gasteiger partial charge in [-0.15, -0.1) is 0 Å². The smallest absolute Gasteiger partial charge is 0.322 e. The lowest BCUT2D eigenvalue weighted by atomic mass is 10.2. The summed E-state index contributed by atoms with van der Waals surface area (Å²) in [6.45, 7) is 1.90. The first-order chi connectivity index (χ1) is 7.38. The van der Waals surface area contributed by atoms with Gasteiger partial charge in [-0.3, -0.25) is 9.59 Å². The van der Waals surface area contributed by atoms with Gasteiger partial charge < -0.3 is 10.1 Å². The van der Waals surface area contributed by atoms with E-state index in [4.69, 9.17) is 0 Å². The number of piperazine rings is 1. The second-order valence-electron chi connectivity index (χ2n) is 3.41. The van der Waals surface area contributed by atoms with E-state index in [1.807, 2.05) is 0 Å². The minimum atomic E-state index is -3.78. The van der Waals surface area contributed by atoms with E-state index in [0.717, 1.165) is 11.4 Å². The van der Waals surface area contributed by atoms with E-state index in [1.54, 1.807) is 0 Å². The normalized spacial score (nSPS) is 22.6. The zero-order valence-electron chi connectivity index (χ0n) is 9.10. The molecular formula is C8H14N2O5S. The van der Waals surface area contributed by atoms with Crippen LogP contribution in [-0.2, 0) is 24.3 Å². The number of nitrogens with one attached hydrogen (secondary N) is 1. The summed E-state index contributed by atoms with van der Waals surface area (Å²) in [4.78, 5) is 22.2. The molecule has 1 rings (SSSR count). The number of sulfonamides is 1. The summed E-state index contributed by atoms with van der Waals surface area (Å²) >= 11 is 0. The maximum absolute atomic E-state index is 11.8. The number of amides is 1. The predicted octanol–water partition coefficient (Wildman–Crippen LogP) is -1.69. The van der Waals surface area contributed by atoms with Crippen molar-refractivity contribution >= 4 is 21.9 Å². The van der Waals surface area contributed by atoms with Crippen molar-refractivity contribution in [3.8, 4) is 0 Å². The molecule has 1 N–H and O–H groups in total. The highest BCUT2D eigenvalue weighted by Gasteiger charge is 2.35. The van der Waals surface area contributed by atoms with Crippen LogP contribution in [0.3, 0.4) is 0 Å². The number of carbonyl (C=O) groups is 2. The van der Waals surface area contributed by atoms with Gasteiger partial charge in [0.15, 0.2) is 5.75 Å². The van der Waals surface area contributed by atoms with Gasteiger partial charge in [0.05, 0.1) is 7.11 Å². The molecule has 7 nitrogen and oxygen atoms in total. The van der Waals surface area contributed by atoms with E-state index in [0.29, 0.717) is 0 Å².